The van der Waals surface area contributed by atoms with Gasteiger partial charge in [-0.3, -0.25) is 0 Å². The van der Waals surface area contributed by atoms with E-state index in [2.05, 4.69) is 25.3 Å². The van der Waals surface area contributed by atoms with Crippen molar-refractivity contribution in [2.24, 2.45) is 0 Å². The Morgan fingerprint density at radius 2 is 1.04 bits per heavy atom. The van der Waals surface area contributed by atoms with Crippen LogP contribution >= 0.6 is 0 Å². The molecule has 5 aromatic carbocycles. The van der Waals surface area contributed by atoms with Gasteiger partial charge in [0.25, 0.3) is 0 Å². The molecule has 0 atom stereocenters. The highest BCUT2D eigenvalue weighted by atomic mass is 16.6. The average molecular weight is 717 g/mol. The number of methoxy groups -OCH3 is 4. The molecule has 272 valence electrons. The number of carbonyl (C=O) groups is 2. The first-order valence-electron chi connectivity index (χ1n) is 16.8. The fraction of sp³-hybridized carbons (Fsp3) is 0.209. The van der Waals surface area contributed by atoms with Gasteiger partial charge in [0.15, 0.2) is 23.0 Å². The maximum atomic E-state index is 11.5. The van der Waals surface area contributed by atoms with Gasteiger partial charge in [-0.25, -0.2) is 9.59 Å². The van der Waals surface area contributed by atoms with E-state index in [1.807, 2.05) is 72.8 Å². The molecule has 0 bridgehead atoms. The summed E-state index contributed by atoms with van der Waals surface area (Å²) in [6.45, 7) is 7.38. The van der Waals surface area contributed by atoms with Crippen LogP contribution in [0.4, 0.5) is 0 Å². The van der Waals surface area contributed by atoms with Crippen LogP contribution in [-0.2, 0) is 24.5 Å². The van der Waals surface area contributed by atoms with E-state index in [4.69, 9.17) is 37.9 Å². The Bertz CT molecular complexity index is 2080. The van der Waals surface area contributed by atoms with Crippen LogP contribution in [0.2, 0.25) is 0 Å². The number of fused-ring (bicyclic) bond motifs is 5. The minimum absolute atomic E-state index is 0.0886. The average Bonchev–Trinajstić information content (AvgIpc) is 3.50. The van der Waals surface area contributed by atoms with E-state index in [1.54, 1.807) is 28.4 Å². The number of carbonyl (C=O) groups excluding carboxylic acids is 2. The summed E-state index contributed by atoms with van der Waals surface area (Å²) >= 11 is 0. The van der Waals surface area contributed by atoms with Crippen molar-refractivity contribution in [2.75, 3.05) is 54.9 Å². The van der Waals surface area contributed by atoms with E-state index in [9.17, 15) is 9.59 Å². The zero-order valence-corrected chi connectivity index (χ0v) is 30.1. The van der Waals surface area contributed by atoms with Crippen LogP contribution in [0, 0.1) is 0 Å². The number of hydrogen-bond acceptors (Lipinski definition) is 10. The van der Waals surface area contributed by atoms with Crippen molar-refractivity contribution in [1.82, 2.24) is 0 Å². The van der Waals surface area contributed by atoms with Gasteiger partial charge in [0.1, 0.15) is 37.9 Å². The van der Waals surface area contributed by atoms with E-state index in [1.165, 1.54) is 0 Å². The summed E-state index contributed by atoms with van der Waals surface area (Å²) in [5.74, 6) is 2.61. The van der Waals surface area contributed by atoms with E-state index in [-0.39, 0.29) is 26.4 Å². The lowest BCUT2D eigenvalue weighted by Gasteiger charge is -2.34. The molecule has 0 spiro atoms. The third kappa shape index (κ3) is 6.83. The highest BCUT2D eigenvalue weighted by molar-refractivity contribution is 6.05. The van der Waals surface area contributed by atoms with Gasteiger partial charge in [-0.2, -0.15) is 0 Å². The van der Waals surface area contributed by atoms with E-state index in [0.717, 1.165) is 56.3 Å². The van der Waals surface area contributed by atoms with E-state index >= 15 is 0 Å². The Balaban J connectivity index is 1.55. The Morgan fingerprint density at radius 3 is 1.53 bits per heavy atom. The molecule has 0 unspecified atom stereocenters. The summed E-state index contributed by atoms with van der Waals surface area (Å²) in [4.78, 5) is 23.0. The number of ether oxygens (including phenoxy) is 8. The van der Waals surface area contributed by atoms with Gasteiger partial charge >= 0.3 is 11.9 Å². The first-order chi connectivity index (χ1) is 25.8. The van der Waals surface area contributed by atoms with Gasteiger partial charge in [0.05, 0.1) is 33.9 Å². The second-order valence-electron chi connectivity index (χ2n) is 11.9. The minimum Gasteiger partial charge on any atom is -0.493 e. The molecule has 0 fully saturated rings. The number of esters is 2. The van der Waals surface area contributed by atoms with Gasteiger partial charge in [-0.05, 0) is 92.7 Å². The summed E-state index contributed by atoms with van der Waals surface area (Å²) in [5.41, 5.74) is 5.03. The summed E-state index contributed by atoms with van der Waals surface area (Å²) < 4.78 is 45.2. The maximum Gasteiger partial charge on any atom is 0.330 e. The summed E-state index contributed by atoms with van der Waals surface area (Å²) in [6, 6.07) is 28.1. The number of benzene rings is 5. The Morgan fingerprint density at radius 1 is 0.566 bits per heavy atom. The Hall–Kier alpha value is -6.42. The monoisotopic (exact) mass is 716 g/mol. The minimum atomic E-state index is -0.860. The molecule has 0 heterocycles. The van der Waals surface area contributed by atoms with Crippen molar-refractivity contribution in [3.8, 4) is 45.6 Å². The lowest BCUT2D eigenvalue weighted by molar-refractivity contribution is -0.139. The van der Waals surface area contributed by atoms with Gasteiger partial charge in [0, 0.05) is 12.2 Å². The van der Waals surface area contributed by atoms with Crippen LogP contribution < -0.4 is 28.4 Å². The molecule has 0 N–H and O–H groups in total. The van der Waals surface area contributed by atoms with Crippen LogP contribution in [0.25, 0.3) is 21.9 Å². The molecule has 0 saturated heterocycles. The Kier molecular flexibility index (Phi) is 10.9. The van der Waals surface area contributed by atoms with E-state index in [0.29, 0.717) is 34.5 Å². The van der Waals surface area contributed by atoms with Gasteiger partial charge in [0.2, 0.25) is 0 Å². The molecule has 6 rings (SSSR count). The normalized spacial score (nSPS) is 12.2. The fourth-order valence-electron chi connectivity index (χ4n) is 6.91. The van der Waals surface area contributed by atoms with Crippen LogP contribution in [0.5, 0.6) is 34.5 Å². The lowest BCUT2D eigenvalue weighted by atomic mass is 9.67. The molecule has 0 radical (unpaired) electrons. The largest absolute Gasteiger partial charge is 0.493 e. The highest BCUT2D eigenvalue weighted by Crippen LogP contribution is 2.60. The summed E-state index contributed by atoms with van der Waals surface area (Å²) in [6.07, 6.45) is 2.23. The van der Waals surface area contributed by atoms with E-state index < -0.39 is 17.4 Å². The summed E-state index contributed by atoms with van der Waals surface area (Å²) in [7, 11) is 6.49. The first-order valence-corrected chi connectivity index (χ1v) is 16.8. The second-order valence-corrected chi connectivity index (χ2v) is 11.9. The topological polar surface area (TPSA) is 108 Å². The van der Waals surface area contributed by atoms with Crippen molar-refractivity contribution in [2.45, 2.75) is 5.41 Å². The zero-order chi connectivity index (χ0) is 37.5. The number of rotatable bonds is 16. The molecule has 53 heavy (non-hydrogen) atoms. The highest BCUT2D eigenvalue weighted by Gasteiger charge is 2.47. The molecular formula is C43H40O10. The third-order valence-electron chi connectivity index (χ3n) is 9.23. The second kappa shape index (κ2) is 15.9. The molecule has 1 aliphatic rings. The smallest absolute Gasteiger partial charge is 0.330 e. The van der Waals surface area contributed by atoms with Gasteiger partial charge < -0.3 is 37.9 Å². The molecule has 10 heteroatoms. The quantitative estimate of drug-likeness (QED) is 0.0569. The molecule has 0 aromatic heterocycles. The molecule has 0 saturated carbocycles. The SMILES string of the molecule is C=CC(=O)OCCOc1ccc(C2(c3ccc(OCCOC(=O)C=C)cc3)c3cc(OC)c(OC)cc3-c3c2ccc2cc(OC)c(OC)cc32)cc1. The number of hydrogen-bond donors (Lipinski definition) is 0. The van der Waals surface area contributed by atoms with Gasteiger partial charge in [-0.15, -0.1) is 0 Å². The third-order valence-corrected chi connectivity index (χ3v) is 9.23. The van der Waals surface area contributed by atoms with Crippen LogP contribution in [0.1, 0.15) is 22.3 Å². The van der Waals surface area contributed by atoms with Crippen LogP contribution in [0.15, 0.2) is 110 Å². The van der Waals surface area contributed by atoms with Gasteiger partial charge in [-0.1, -0.05) is 49.6 Å². The summed E-state index contributed by atoms with van der Waals surface area (Å²) in [5, 5.41) is 1.94. The molecular weight excluding hydrogens is 676 g/mol. The predicted molar refractivity (Wildman–Crippen MR) is 201 cm³/mol. The molecule has 5 aromatic rings. The van der Waals surface area contributed by atoms with Crippen LogP contribution in [-0.4, -0.2) is 66.8 Å². The predicted octanol–water partition coefficient (Wildman–Crippen LogP) is 7.45. The van der Waals surface area contributed by atoms with Crippen molar-refractivity contribution in [3.63, 3.8) is 0 Å². The van der Waals surface area contributed by atoms with Crippen molar-refractivity contribution in [1.29, 1.82) is 0 Å². The standard InChI is InChI=1S/C43H40O10/c1-7-40(44)52-21-19-50-30-14-10-28(11-15-30)43(29-12-16-31(17-13-29)51-20-22-53-41(45)8-2)34-18-9-27-23-36(46-3)37(47-4)24-32(27)42(34)33-25-38(48-5)39(49-6)26-35(33)43/h7-18,23-26H,1-2,19-22H2,3-6H3. The Labute approximate surface area is 308 Å². The molecule has 1 aliphatic carbocycles. The van der Waals surface area contributed by atoms with Crippen molar-refractivity contribution in [3.05, 3.63) is 132 Å². The van der Waals surface area contributed by atoms with Crippen LogP contribution in [0.3, 0.4) is 0 Å². The molecule has 10 nitrogen and oxygen atoms in total. The maximum absolute atomic E-state index is 11.5. The van der Waals surface area contributed by atoms with Crippen molar-refractivity contribution >= 4 is 22.7 Å². The first kappa shape index (κ1) is 36.4. The fourth-order valence-corrected chi connectivity index (χ4v) is 6.91. The molecule has 0 aliphatic heterocycles. The van der Waals surface area contributed by atoms with Crippen molar-refractivity contribution < 1.29 is 47.5 Å². The zero-order valence-electron chi connectivity index (χ0n) is 30.1. The lowest BCUT2D eigenvalue weighted by Crippen LogP contribution is -2.28. The molecule has 0 amide bonds.